The minimum Gasteiger partial charge on any atom is -0.465 e. The first-order valence-corrected chi connectivity index (χ1v) is 10.3. The molecule has 2 aromatic rings. The van der Waals surface area contributed by atoms with Crippen LogP contribution in [0.3, 0.4) is 0 Å². The van der Waals surface area contributed by atoms with Gasteiger partial charge in [0.1, 0.15) is 11.5 Å². The van der Waals surface area contributed by atoms with Gasteiger partial charge < -0.3 is 9.72 Å². The number of carbonyl (C=O) groups excluding carboxylic acids is 2. The Balaban J connectivity index is 1.79. The number of benzene rings is 1. The van der Waals surface area contributed by atoms with E-state index in [4.69, 9.17) is 4.74 Å². The molecule has 0 radical (unpaired) electrons. The van der Waals surface area contributed by atoms with Gasteiger partial charge in [-0.05, 0) is 49.3 Å². The molecule has 0 spiro atoms. The molecule has 5 heteroatoms. The zero-order chi connectivity index (χ0) is 20.3. The van der Waals surface area contributed by atoms with Crippen LogP contribution in [-0.4, -0.2) is 16.6 Å². The van der Waals surface area contributed by atoms with Gasteiger partial charge in [-0.1, -0.05) is 12.1 Å². The van der Waals surface area contributed by atoms with Crippen LogP contribution in [0.4, 0.5) is 0 Å². The van der Waals surface area contributed by atoms with Crippen molar-refractivity contribution in [1.82, 2.24) is 4.98 Å². The normalized spacial score (nSPS) is 20.1. The smallest absolute Gasteiger partial charge is 0.252 e. The van der Waals surface area contributed by atoms with Crippen LogP contribution in [0, 0.1) is 13.8 Å². The van der Waals surface area contributed by atoms with E-state index in [0.29, 0.717) is 53.9 Å². The van der Waals surface area contributed by atoms with Crippen LogP contribution in [0.1, 0.15) is 61.1 Å². The van der Waals surface area contributed by atoms with Crippen molar-refractivity contribution in [2.75, 3.05) is 0 Å². The highest BCUT2D eigenvalue weighted by atomic mass is 16.5. The number of fused-ring (bicyclic) bond motifs is 1. The largest absolute Gasteiger partial charge is 0.465 e. The van der Waals surface area contributed by atoms with Crippen LogP contribution < -0.4 is 5.56 Å². The molecule has 1 aromatic heterocycles. The van der Waals surface area contributed by atoms with Gasteiger partial charge in [-0.25, -0.2) is 0 Å². The van der Waals surface area contributed by atoms with Crippen molar-refractivity contribution in [2.45, 2.75) is 58.3 Å². The van der Waals surface area contributed by atoms with E-state index < -0.39 is 5.92 Å². The summed E-state index contributed by atoms with van der Waals surface area (Å²) < 4.78 is 6.05. The van der Waals surface area contributed by atoms with Crippen LogP contribution in [0.2, 0.25) is 0 Å². The summed E-state index contributed by atoms with van der Waals surface area (Å²) in [6, 6.07) is 5.86. The number of aromatic nitrogens is 1. The lowest BCUT2D eigenvalue weighted by Gasteiger charge is -2.35. The Morgan fingerprint density at radius 3 is 2.14 bits per heavy atom. The molecule has 1 N–H and O–H groups in total. The molecule has 29 heavy (non-hydrogen) atoms. The van der Waals surface area contributed by atoms with Gasteiger partial charge in [0.15, 0.2) is 11.6 Å². The molecule has 0 fully saturated rings. The fourth-order valence-corrected chi connectivity index (χ4v) is 4.88. The topological polar surface area (TPSA) is 76.2 Å². The summed E-state index contributed by atoms with van der Waals surface area (Å²) in [6.45, 7) is 3.99. The zero-order valence-corrected chi connectivity index (χ0v) is 16.7. The van der Waals surface area contributed by atoms with Gasteiger partial charge in [0, 0.05) is 42.4 Å². The number of carbonyl (C=O) groups is 2. The number of aromatic amines is 1. The molecular formula is C24H23NO4. The number of ketones is 2. The number of ether oxygens (including phenoxy) is 1. The minimum absolute atomic E-state index is 0.0132. The summed E-state index contributed by atoms with van der Waals surface area (Å²) in [6.07, 6.45) is 3.69. The first kappa shape index (κ1) is 18.1. The zero-order valence-electron chi connectivity index (χ0n) is 16.7. The second-order valence-electron chi connectivity index (χ2n) is 8.29. The van der Waals surface area contributed by atoms with Gasteiger partial charge in [-0.3, -0.25) is 14.4 Å². The molecule has 0 unspecified atom stereocenters. The molecule has 3 aliphatic rings. The highest BCUT2D eigenvalue weighted by Gasteiger charge is 2.42. The van der Waals surface area contributed by atoms with Crippen molar-refractivity contribution < 1.29 is 14.3 Å². The van der Waals surface area contributed by atoms with Crippen molar-refractivity contribution >= 4 is 22.5 Å². The molecule has 0 saturated carbocycles. The van der Waals surface area contributed by atoms with E-state index in [1.54, 1.807) is 0 Å². The number of allylic oxidation sites excluding steroid dienone is 4. The van der Waals surface area contributed by atoms with Crippen molar-refractivity contribution in [2.24, 2.45) is 0 Å². The van der Waals surface area contributed by atoms with Crippen molar-refractivity contribution in [3.63, 3.8) is 0 Å². The lowest BCUT2D eigenvalue weighted by atomic mass is 9.73. The highest BCUT2D eigenvalue weighted by molar-refractivity contribution is 6.06. The van der Waals surface area contributed by atoms with Gasteiger partial charge in [0.25, 0.3) is 5.56 Å². The predicted octanol–water partition coefficient (Wildman–Crippen LogP) is 4.27. The van der Waals surface area contributed by atoms with Crippen molar-refractivity contribution in [3.05, 3.63) is 67.9 Å². The average molecular weight is 389 g/mol. The molecular weight excluding hydrogens is 366 g/mol. The van der Waals surface area contributed by atoms with Crippen LogP contribution in [0.25, 0.3) is 10.9 Å². The van der Waals surface area contributed by atoms with Gasteiger partial charge in [-0.15, -0.1) is 0 Å². The SMILES string of the molecule is Cc1ccc2cc(C3C4=C(CCCC4=O)OC4=C3C(=O)CCC4)c(=O)[nH]c2c1C. The summed E-state index contributed by atoms with van der Waals surface area (Å²) in [5.74, 6) is 0.657. The first-order chi connectivity index (χ1) is 14.0. The Morgan fingerprint density at radius 2 is 1.52 bits per heavy atom. The number of hydrogen-bond donors (Lipinski definition) is 1. The quantitative estimate of drug-likeness (QED) is 0.790. The standard InChI is InChI=1S/C24H23NO4/c1-12-9-10-14-11-15(24(28)25-23(14)13(12)2)20-21-16(26)5-3-7-18(21)29-19-8-4-6-17(27)22(19)20/h9-11,20H,3-8H2,1-2H3,(H,25,28). The van der Waals surface area contributed by atoms with E-state index in [0.717, 1.165) is 34.9 Å². The summed E-state index contributed by atoms with van der Waals surface area (Å²) in [5.41, 5.74) is 4.19. The van der Waals surface area contributed by atoms with E-state index in [1.807, 2.05) is 32.0 Å². The lowest BCUT2D eigenvalue weighted by Crippen LogP contribution is -2.33. The van der Waals surface area contributed by atoms with Crippen LogP contribution >= 0.6 is 0 Å². The molecule has 0 bridgehead atoms. The van der Waals surface area contributed by atoms with Crippen LogP contribution in [-0.2, 0) is 14.3 Å². The fraction of sp³-hybridized carbons (Fsp3) is 0.375. The molecule has 5 nitrogen and oxygen atoms in total. The number of Topliss-reactive ketones (excluding diaryl/α,β-unsaturated/α-hetero) is 2. The van der Waals surface area contributed by atoms with Gasteiger partial charge in [0.2, 0.25) is 0 Å². The lowest BCUT2D eigenvalue weighted by molar-refractivity contribution is -0.117. The number of rotatable bonds is 1. The molecule has 2 heterocycles. The van der Waals surface area contributed by atoms with Crippen LogP contribution in [0.5, 0.6) is 0 Å². The average Bonchev–Trinajstić information content (AvgIpc) is 2.70. The summed E-state index contributed by atoms with van der Waals surface area (Å²) in [7, 11) is 0. The van der Waals surface area contributed by atoms with E-state index in [9.17, 15) is 14.4 Å². The number of H-pyrrole nitrogens is 1. The van der Waals surface area contributed by atoms with Crippen molar-refractivity contribution in [3.8, 4) is 0 Å². The molecule has 0 amide bonds. The Hall–Kier alpha value is -2.95. The van der Waals surface area contributed by atoms with E-state index in [-0.39, 0.29) is 17.1 Å². The fourth-order valence-electron chi connectivity index (χ4n) is 4.88. The maximum Gasteiger partial charge on any atom is 0.252 e. The maximum atomic E-state index is 13.2. The molecule has 1 aromatic carbocycles. The number of hydrogen-bond acceptors (Lipinski definition) is 4. The van der Waals surface area contributed by atoms with Gasteiger partial charge in [-0.2, -0.15) is 0 Å². The second kappa shape index (κ2) is 6.55. The predicted molar refractivity (Wildman–Crippen MR) is 110 cm³/mol. The first-order valence-electron chi connectivity index (χ1n) is 10.3. The number of aryl methyl sites for hydroxylation is 2. The Morgan fingerprint density at radius 1 is 0.897 bits per heavy atom. The van der Waals surface area contributed by atoms with Gasteiger partial charge in [0.05, 0.1) is 11.4 Å². The van der Waals surface area contributed by atoms with E-state index >= 15 is 0 Å². The van der Waals surface area contributed by atoms with Crippen LogP contribution in [0.15, 0.2) is 45.7 Å². The summed E-state index contributed by atoms with van der Waals surface area (Å²) in [5, 5.41) is 0.907. The maximum absolute atomic E-state index is 13.2. The molecule has 0 atom stereocenters. The number of pyridine rings is 1. The van der Waals surface area contributed by atoms with Crippen molar-refractivity contribution in [1.29, 1.82) is 0 Å². The molecule has 2 aliphatic carbocycles. The second-order valence-corrected chi connectivity index (χ2v) is 8.29. The molecule has 148 valence electrons. The monoisotopic (exact) mass is 389 g/mol. The Bertz CT molecular complexity index is 1170. The van der Waals surface area contributed by atoms with E-state index in [2.05, 4.69) is 4.98 Å². The highest BCUT2D eigenvalue weighted by Crippen LogP contribution is 2.47. The summed E-state index contributed by atoms with van der Waals surface area (Å²) in [4.78, 5) is 42.0. The Kier molecular flexibility index (Phi) is 4.09. The van der Waals surface area contributed by atoms with E-state index in [1.165, 1.54) is 0 Å². The Labute approximate surface area is 168 Å². The minimum atomic E-state index is -0.621. The number of nitrogens with one attached hydrogen (secondary N) is 1. The van der Waals surface area contributed by atoms with Gasteiger partial charge >= 0.3 is 0 Å². The summed E-state index contributed by atoms with van der Waals surface area (Å²) >= 11 is 0. The third-order valence-corrected chi connectivity index (χ3v) is 6.53. The molecule has 5 rings (SSSR count). The third-order valence-electron chi connectivity index (χ3n) is 6.53. The third kappa shape index (κ3) is 2.71. The molecule has 1 aliphatic heterocycles. The molecule has 0 saturated heterocycles.